The summed E-state index contributed by atoms with van der Waals surface area (Å²) in [6, 6.07) is 8.24. The first-order chi connectivity index (χ1) is 10.0. The zero-order valence-electron chi connectivity index (χ0n) is 12.9. The molecule has 0 radical (unpaired) electrons. The number of nitrogens with one attached hydrogen (secondary N) is 1. The minimum Gasteiger partial charge on any atom is -0.352 e. The molecule has 2 rings (SSSR count). The highest BCUT2D eigenvalue weighted by molar-refractivity contribution is 7.84. The van der Waals surface area contributed by atoms with Crippen molar-refractivity contribution in [3.63, 3.8) is 0 Å². The second-order valence-electron chi connectivity index (χ2n) is 6.15. The minimum atomic E-state index is -1.14. The van der Waals surface area contributed by atoms with Crippen LogP contribution in [0.1, 0.15) is 43.7 Å². The lowest BCUT2D eigenvalue weighted by Crippen LogP contribution is -2.42. The number of aryl methyl sites for hydroxylation is 1. The summed E-state index contributed by atoms with van der Waals surface area (Å²) in [4.78, 5) is 12.0. The van der Waals surface area contributed by atoms with Crippen LogP contribution in [-0.4, -0.2) is 21.9 Å². The maximum atomic E-state index is 12.1. The molecule has 4 heteroatoms. The van der Waals surface area contributed by atoms with Crippen molar-refractivity contribution in [2.24, 2.45) is 5.92 Å². The van der Waals surface area contributed by atoms with Crippen LogP contribution in [0.3, 0.4) is 0 Å². The van der Waals surface area contributed by atoms with Crippen molar-refractivity contribution in [1.82, 2.24) is 5.32 Å². The smallest absolute Gasteiger partial charge is 0.232 e. The van der Waals surface area contributed by atoms with Gasteiger partial charge in [0.05, 0.1) is 0 Å². The normalized spacial score (nSPS) is 23.5. The molecule has 1 fully saturated rings. The van der Waals surface area contributed by atoms with Gasteiger partial charge in [-0.25, -0.2) is 0 Å². The average molecular weight is 307 g/mol. The van der Waals surface area contributed by atoms with Crippen molar-refractivity contribution < 1.29 is 9.00 Å². The Balaban J connectivity index is 1.80. The first kappa shape index (κ1) is 16.2. The van der Waals surface area contributed by atoms with Crippen LogP contribution in [0.25, 0.3) is 0 Å². The summed E-state index contributed by atoms with van der Waals surface area (Å²) in [7, 11) is -1.14. The fourth-order valence-electron chi connectivity index (χ4n) is 2.96. The number of hydrogen-bond acceptors (Lipinski definition) is 2. The van der Waals surface area contributed by atoms with E-state index in [-0.39, 0.29) is 17.7 Å². The van der Waals surface area contributed by atoms with Gasteiger partial charge in [-0.1, -0.05) is 49.6 Å². The molecule has 1 aromatic carbocycles. The van der Waals surface area contributed by atoms with E-state index in [0.29, 0.717) is 11.7 Å². The Morgan fingerprint density at radius 3 is 2.81 bits per heavy atom. The molecule has 1 amide bonds. The van der Waals surface area contributed by atoms with E-state index in [1.54, 1.807) is 0 Å². The van der Waals surface area contributed by atoms with Gasteiger partial charge in [0.2, 0.25) is 5.91 Å². The lowest BCUT2D eigenvalue weighted by Gasteiger charge is -2.29. The SMILES string of the molecule is Cc1cccc(C[S@](=O)CC(=O)N[C@H]2CCCC[C@H]2C)c1. The van der Waals surface area contributed by atoms with E-state index < -0.39 is 10.8 Å². The van der Waals surface area contributed by atoms with Crippen LogP contribution in [0.5, 0.6) is 0 Å². The van der Waals surface area contributed by atoms with Crippen LogP contribution in [0.4, 0.5) is 0 Å². The van der Waals surface area contributed by atoms with Gasteiger partial charge >= 0.3 is 0 Å². The second kappa shape index (κ2) is 7.74. The summed E-state index contributed by atoms with van der Waals surface area (Å²) < 4.78 is 12.1. The van der Waals surface area contributed by atoms with Gasteiger partial charge in [0.25, 0.3) is 0 Å². The standard InChI is InChI=1S/C17H25NO2S/c1-13-6-5-8-15(10-13)11-21(20)12-17(19)18-16-9-4-3-7-14(16)2/h5-6,8,10,14,16H,3-4,7,9,11-12H2,1-2H3,(H,18,19)/t14-,16+,21+/m1/s1. The van der Waals surface area contributed by atoms with Gasteiger partial charge < -0.3 is 5.32 Å². The van der Waals surface area contributed by atoms with Crippen LogP contribution in [0, 0.1) is 12.8 Å². The van der Waals surface area contributed by atoms with Gasteiger partial charge in [-0.2, -0.15) is 0 Å². The van der Waals surface area contributed by atoms with Gasteiger partial charge in [-0.15, -0.1) is 0 Å². The average Bonchev–Trinajstić information content (AvgIpc) is 2.41. The van der Waals surface area contributed by atoms with E-state index in [4.69, 9.17) is 0 Å². The third-order valence-electron chi connectivity index (χ3n) is 4.16. The third-order valence-corrected chi connectivity index (χ3v) is 5.40. The lowest BCUT2D eigenvalue weighted by atomic mass is 9.86. The van der Waals surface area contributed by atoms with Crippen molar-refractivity contribution in [3.05, 3.63) is 35.4 Å². The Kier molecular flexibility index (Phi) is 5.97. The topological polar surface area (TPSA) is 46.2 Å². The highest BCUT2D eigenvalue weighted by Gasteiger charge is 2.23. The van der Waals surface area contributed by atoms with Gasteiger partial charge in [-0.3, -0.25) is 9.00 Å². The number of rotatable bonds is 5. The van der Waals surface area contributed by atoms with Crippen molar-refractivity contribution in [1.29, 1.82) is 0 Å². The lowest BCUT2D eigenvalue weighted by molar-refractivity contribution is -0.119. The zero-order valence-corrected chi connectivity index (χ0v) is 13.7. The van der Waals surface area contributed by atoms with Crippen LogP contribution in [0.15, 0.2) is 24.3 Å². The molecular formula is C17H25NO2S. The third kappa shape index (κ3) is 5.27. The molecule has 0 bridgehead atoms. The Labute approximate surface area is 130 Å². The Hall–Kier alpha value is -1.16. The molecule has 21 heavy (non-hydrogen) atoms. The summed E-state index contributed by atoms with van der Waals surface area (Å²) >= 11 is 0. The molecular weight excluding hydrogens is 282 g/mol. The Morgan fingerprint density at radius 1 is 1.33 bits per heavy atom. The zero-order chi connectivity index (χ0) is 15.2. The van der Waals surface area contributed by atoms with Gasteiger partial charge in [0.1, 0.15) is 5.75 Å². The Morgan fingerprint density at radius 2 is 2.10 bits per heavy atom. The molecule has 3 nitrogen and oxygen atoms in total. The van der Waals surface area contributed by atoms with E-state index in [9.17, 15) is 9.00 Å². The molecule has 0 unspecified atom stereocenters. The maximum absolute atomic E-state index is 12.1. The molecule has 0 spiro atoms. The van der Waals surface area contributed by atoms with E-state index in [1.165, 1.54) is 19.3 Å². The first-order valence-corrected chi connectivity index (χ1v) is 9.23. The molecule has 1 aromatic rings. The number of carbonyl (C=O) groups excluding carboxylic acids is 1. The van der Waals surface area contributed by atoms with Crippen LogP contribution in [0.2, 0.25) is 0 Å². The minimum absolute atomic E-state index is 0.0697. The summed E-state index contributed by atoms with van der Waals surface area (Å²) in [6.45, 7) is 4.21. The largest absolute Gasteiger partial charge is 0.352 e. The van der Waals surface area contributed by atoms with Crippen molar-refractivity contribution in [2.45, 2.75) is 51.3 Å². The highest BCUT2D eigenvalue weighted by Crippen LogP contribution is 2.23. The van der Waals surface area contributed by atoms with Crippen molar-refractivity contribution in [2.75, 3.05) is 5.75 Å². The van der Waals surface area contributed by atoms with E-state index in [2.05, 4.69) is 12.2 Å². The van der Waals surface area contributed by atoms with Crippen LogP contribution in [-0.2, 0) is 21.3 Å². The van der Waals surface area contributed by atoms with Gasteiger partial charge in [0, 0.05) is 22.6 Å². The number of carbonyl (C=O) groups is 1. The van der Waals surface area contributed by atoms with E-state index in [1.807, 2.05) is 31.2 Å². The molecule has 0 heterocycles. The van der Waals surface area contributed by atoms with E-state index in [0.717, 1.165) is 17.5 Å². The monoisotopic (exact) mass is 307 g/mol. The number of hydrogen-bond donors (Lipinski definition) is 1. The fraction of sp³-hybridized carbons (Fsp3) is 0.588. The molecule has 116 valence electrons. The fourth-order valence-corrected chi connectivity index (χ4v) is 3.99. The van der Waals surface area contributed by atoms with Crippen LogP contribution >= 0.6 is 0 Å². The summed E-state index contributed by atoms with van der Waals surface area (Å²) in [5, 5.41) is 3.06. The summed E-state index contributed by atoms with van der Waals surface area (Å²) in [5.74, 6) is 1.03. The predicted octanol–water partition coefficient (Wildman–Crippen LogP) is 2.94. The molecule has 1 N–H and O–H groups in total. The number of benzene rings is 1. The summed E-state index contributed by atoms with van der Waals surface area (Å²) in [5.41, 5.74) is 2.19. The molecule has 1 aliphatic rings. The van der Waals surface area contributed by atoms with Crippen molar-refractivity contribution >= 4 is 16.7 Å². The van der Waals surface area contributed by atoms with E-state index >= 15 is 0 Å². The molecule has 1 saturated carbocycles. The second-order valence-corrected chi connectivity index (χ2v) is 7.61. The van der Waals surface area contributed by atoms with Crippen molar-refractivity contribution in [3.8, 4) is 0 Å². The molecule has 0 aliphatic heterocycles. The van der Waals surface area contributed by atoms with Crippen LogP contribution < -0.4 is 5.32 Å². The molecule has 3 atom stereocenters. The summed E-state index contributed by atoms with van der Waals surface area (Å²) in [6.07, 6.45) is 4.67. The first-order valence-electron chi connectivity index (χ1n) is 7.74. The Bertz CT molecular complexity index is 515. The number of amides is 1. The highest BCUT2D eigenvalue weighted by atomic mass is 32.2. The molecule has 0 aromatic heterocycles. The maximum Gasteiger partial charge on any atom is 0.232 e. The molecule has 1 aliphatic carbocycles. The predicted molar refractivity (Wildman–Crippen MR) is 87.5 cm³/mol. The quantitative estimate of drug-likeness (QED) is 0.909. The van der Waals surface area contributed by atoms with Gasteiger partial charge in [-0.05, 0) is 31.2 Å². The van der Waals surface area contributed by atoms with Gasteiger partial charge in [0.15, 0.2) is 0 Å². The molecule has 0 saturated heterocycles.